The number of carbonyl (C=O) groups is 1. The molecule has 0 atom stereocenters. The number of hydrogen-bond acceptors (Lipinski definition) is 5. The summed E-state index contributed by atoms with van der Waals surface area (Å²) in [4.78, 5) is 23.0. The molecule has 3 rings (SSSR count). The van der Waals surface area contributed by atoms with Crippen molar-refractivity contribution in [2.45, 2.75) is 24.8 Å². The van der Waals surface area contributed by atoms with Crippen LogP contribution in [0.1, 0.15) is 30.1 Å². The Balaban J connectivity index is 1.60. The van der Waals surface area contributed by atoms with Crippen molar-refractivity contribution in [3.05, 3.63) is 48.0 Å². The first-order chi connectivity index (χ1) is 11.6. The highest BCUT2D eigenvalue weighted by molar-refractivity contribution is 7.99. The van der Waals surface area contributed by atoms with E-state index in [-0.39, 0.29) is 17.4 Å². The molecular formula is C18H20FN3OS. The number of carbonyl (C=O) groups excluding carboxylic acids is 1. The van der Waals surface area contributed by atoms with E-state index >= 15 is 0 Å². The average Bonchev–Trinajstić information content (AvgIpc) is 2.61. The van der Waals surface area contributed by atoms with Crippen molar-refractivity contribution in [1.82, 2.24) is 9.97 Å². The molecule has 24 heavy (non-hydrogen) atoms. The van der Waals surface area contributed by atoms with Gasteiger partial charge in [-0.1, -0.05) is 18.7 Å². The maximum Gasteiger partial charge on any atom is 0.173 e. The Hall–Kier alpha value is -1.95. The van der Waals surface area contributed by atoms with Crippen LogP contribution in [0.2, 0.25) is 0 Å². The van der Waals surface area contributed by atoms with Gasteiger partial charge in [0, 0.05) is 24.7 Å². The predicted molar refractivity (Wildman–Crippen MR) is 94.1 cm³/mol. The summed E-state index contributed by atoms with van der Waals surface area (Å²) in [6.07, 6.45) is 3.91. The van der Waals surface area contributed by atoms with Crippen LogP contribution in [0, 0.1) is 11.7 Å². The van der Waals surface area contributed by atoms with Crippen molar-refractivity contribution in [1.29, 1.82) is 0 Å². The van der Waals surface area contributed by atoms with Crippen LogP contribution in [-0.4, -0.2) is 34.6 Å². The van der Waals surface area contributed by atoms with Gasteiger partial charge >= 0.3 is 0 Å². The van der Waals surface area contributed by atoms with E-state index in [1.165, 1.54) is 48.9 Å². The van der Waals surface area contributed by atoms with Gasteiger partial charge in [-0.25, -0.2) is 14.4 Å². The highest BCUT2D eigenvalue weighted by atomic mass is 32.2. The fourth-order valence-electron chi connectivity index (χ4n) is 2.68. The Bertz CT molecular complexity index is 700. The molecule has 1 aliphatic rings. The quantitative estimate of drug-likeness (QED) is 0.468. The topological polar surface area (TPSA) is 46.1 Å². The number of nitrogens with zero attached hydrogens (tertiary/aromatic N) is 3. The van der Waals surface area contributed by atoms with Gasteiger partial charge in [-0.2, -0.15) is 0 Å². The number of halogens is 1. The van der Waals surface area contributed by atoms with Crippen molar-refractivity contribution in [2.75, 3.05) is 23.7 Å². The van der Waals surface area contributed by atoms with E-state index < -0.39 is 0 Å². The zero-order chi connectivity index (χ0) is 16.9. The third-order valence-electron chi connectivity index (χ3n) is 4.25. The number of Topliss-reactive ketones (excluding diaryl/α,β-unsaturated/α-hetero) is 1. The number of piperidine rings is 1. The summed E-state index contributed by atoms with van der Waals surface area (Å²) in [7, 11) is 0. The monoisotopic (exact) mass is 345 g/mol. The zero-order valence-corrected chi connectivity index (χ0v) is 14.4. The molecule has 0 saturated carbocycles. The number of hydrogen-bond donors (Lipinski definition) is 0. The van der Waals surface area contributed by atoms with Gasteiger partial charge in [0.25, 0.3) is 0 Å². The molecule has 0 aliphatic carbocycles. The number of anilines is 1. The molecule has 1 saturated heterocycles. The molecule has 0 unspecified atom stereocenters. The van der Waals surface area contributed by atoms with Gasteiger partial charge < -0.3 is 4.90 Å². The summed E-state index contributed by atoms with van der Waals surface area (Å²) in [6, 6.07) is 7.58. The Morgan fingerprint density at radius 3 is 2.67 bits per heavy atom. The summed E-state index contributed by atoms with van der Waals surface area (Å²) < 4.78 is 12.9. The number of benzene rings is 1. The third kappa shape index (κ3) is 4.32. The maximum atomic E-state index is 12.9. The van der Waals surface area contributed by atoms with E-state index in [1.54, 1.807) is 6.33 Å². The summed E-state index contributed by atoms with van der Waals surface area (Å²) >= 11 is 1.39. The minimum absolute atomic E-state index is 0.0352. The van der Waals surface area contributed by atoms with Crippen LogP contribution < -0.4 is 4.90 Å². The van der Waals surface area contributed by atoms with E-state index in [2.05, 4.69) is 21.8 Å². The lowest BCUT2D eigenvalue weighted by atomic mass is 9.99. The Morgan fingerprint density at radius 1 is 1.25 bits per heavy atom. The van der Waals surface area contributed by atoms with E-state index in [0.717, 1.165) is 29.9 Å². The lowest BCUT2D eigenvalue weighted by Crippen LogP contribution is -2.33. The number of rotatable bonds is 5. The van der Waals surface area contributed by atoms with Crippen molar-refractivity contribution in [3.8, 4) is 0 Å². The fraction of sp³-hybridized carbons (Fsp3) is 0.389. The van der Waals surface area contributed by atoms with Gasteiger partial charge in [-0.3, -0.25) is 4.79 Å². The van der Waals surface area contributed by atoms with Gasteiger partial charge in [0.15, 0.2) is 5.78 Å². The third-order valence-corrected chi connectivity index (χ3v) is 5.18. The number of thioether (sulfide) groups is 1. The molecule has 2 aromatic rings. The Kier molecular flexibility index (Phi) is 5.45. The van der Waals surface area contributed by atoms with Gasteiger partial charge in [-0.05, 0) is 43.0 Å². The van der Waals surface area contributed by atoms with Crippen molar-refractivity contribution < 1.29 is 9.18 Å². The molecule has 1 aromatic carbocycles. The van der Waals surface area contributed by atoms with Crippen LogP contribution >= 0.6 is 11.8 Å². The van der Waals surface area contributed by atoms with Gasteiger partial charge in [0.1, 0.15) is 23.0 Å². The normalized spacial score (nSPS) is 15.5. The van der Waals surface area contributed by atoms with E-state index in [4.69, 9.17) is 0 Å². The van der Waals surface area contributed by atoms with Crippen LogP contribution in [0.3, 0.4) is 0 Å². The average molecular weight is 345 g/mol. The van der Waals surface area contributed by atoms with Gasteiger partial charge in [0.05, 0.1) is 5.75 Å². The molecule has 0 radical (unpaired) electrons. The Morgan fingerprint density at radius 2 is 1.96 bits per heavy atom. The molecule has 1 aliphatic heterocycles. The SMILES string of the molecule is CC1CCN(c2cc(SCC(=O)c3ccc(F)cc3)ncn2)CC1. The molecule has 4 nitrogen and oxygen atoms in total. The van der Waals surface area contributed by atoms with Crippen molar-refractivity contribution >= 4 is 23.4 Å². The molecule has 2 heterocycles. The number of aromatic nitrogens is 2. The maximum absolute atomic E-state index is 12.9. The molecule has 1 fully saturated rings. The summed E-state index contributed by atoms with van der Waals surface area (Å²) in [5, 5.41) is 0.786. The first-order valence-corrected chi connectivity index (χ1v) is 9.09. The van der Waals surface area contributed by atoms with E-state index in [9.17, 15) is 9.18 Å². The predicted octanol–water partition coefficient (Wildman–Crippen LogP) is 3.83. The summed E-state index contributed by atoms with van der Waals surface area (Å²) in [5.41, 5.74) is 0.517. The van der Waals surface area contributed by atoms with Crippen molar-refractivity contribution in [2.24, 2.45) is 5.92 Å². The van der Waals surface area contributed by atoms with E-state index in [0.29, 0.717) is 5.56 Å². The zero-order valence-electron chi connectivity index (χ0n) is 13.6. The standard InChI is InChI=1S/C18H20FN3OS/c1-13-6-8-22(9-7-13)17-10-18(21-12-20-17)24-11-16(23)14-2-4-15(19)5-3-14/h2-5,10,12-13H,6-9,11H2,1H3. The molecule has 1 aromatic heterocycles. The summed E-state index contributed by atoms with van der Waals surface area (Å²) in [6.45, 7) is 4.30. The molecule has 126 valence electrons. The molecule has 0 spiro atoms. The first-order valence-electron chi connectivity index (χ1n) is 8.10. The molecule has 0 bridgehead atoms. The van der Waals surface area contributed by atoms with Crippen LogP contribution in [0.15, 0.2) is 41.7 Å². The largest absolute Gasteiger partial charge is 0.356 e. The minimum atomic E-state index is -0.338. The van der Waals surface area contributed by atoms with Crippen LogP contribution in [0.4, 0.5) is 10.2 Å². The second-order valence-corrected chi connectivity index (χ2v) is 7.10. The fourth-order valence-corrected chi connectivity index (χ4v) is 3.43. The highest BCUT2D eigenvalue weighted by Crippen LogP contribution is 2.24. The smallest absolute Gasteiger partial charge is 0.173 e. The van der Waals surface area contributed by atoms with Gasteiger partial charge in [0.2, 0.25) is 0 Å². The molecule has 6 heteroatoms. The second-order valence-electron chi connectivity index (χ2n) is 6.10. The highest BCUT2D eigenvalue weighted by Gasteiger charge is 2.17. The lowest BCUT2D eigenvalue weighted by molar-refractivity contribution is 0.102. The van der Waals surface area contributed by atoms with Crippen molar-refractivity contribution in [3.63, 3.8) is 0 Å². The second kappa shape index (κ2) is 7.75. The van der Waals surface area contributed by atoms with Crippen LogP contribution in [0.25, 0.3) is 0 Å². The first kappa shape index (κ1) is 16.9. The lowest BCUT2D eigenvalue weighted by Gasteiger charge is -2.31. The summed E-state index contributed by atoms with van der Waals surface area (Å²) in [5.74, 6) is 1.60. The molecule has 0 amide bonds. The Labute approximate surface area is 145 Å². The van der Waals surface area contributed by atoms with Crippen LogP contribution in [-0.2, 0) is 0 Å². The van der Waals surface area contributed by atoms with Crippen LogP contribution in [0.5, 0.6) is 0 Å². The number of ketones is 1. The minimum Gasteiger partial charge on any atom is -0.356 e. The molecular weight excluding hydrogens is 325 g/mol. The van der Waals surface area contributed by atoms with Gasteiger partial charge in [-0.15, -0.1) is 0 Å². The van der Waals surface area contributed by atoms with E-state index in [1.807, 2.05) is 6.07 Å². The molecule has 0 N–H and O–H groups in total.